The van der Waals surface area contributed by atoms with E-state index in [9.17, 15) is 0 Å². The van der Waals surface area contributed by atoms with Crippen molar-refractivity contribution in [3.8, 4) is 0 Å². The van der Waals surface area contributed by atoms with Gasteiger partial charge in [-0.15, -0.1) is 0 Å². The molecule has 4 fully saturated rings. The Morgan fingerprint density at radius 2 is 1.47 bits per heavy atom. The zero-order valence-corrected chi connectivity index (χ0v) is 21.1. The summed E-state index contributed by atoms with van der Waals surface area (Å²) in [5.41, 5.74) is 0. The van der Waals surface area contributed by atoms with Crippen LogP contribution in [0.2, 0.25) is 0 Å². The SMILES string of the molecule is CCCC[N+]1(CCCOC[C@H]2O[C@@H]3OC(C)(C)O[C@@H]3[C@H]3OC(C)(C)O[C@H]32)CCOCC1.[Cl-]. The highest BCUT2D eigenvalue weighted by Gasteiger charge is 2.60. The first-order valence-corrected chi connectivity index (χ1v) is 12.1. The average molecular weight is 480 g/mol. The number of fused-ring (bicyclic) bond motifs is 3. The summed E-state index contributed by atoms with van der Waals surface area (Å²) in [6, 6.07) is 0. The van der Waals surface area contributed by atoms with Crippen LogP contribution >= 0.6 is 0 Å². The Morgan fingerprint density at radius 1 is 0.844 bits per heavy atom. The summed E-state index contributed by atoms with van der Waals surface area (Å²) >= 11 is 0. The lowest BCUT2D eigenvalue weighted by Crippen LogP contribution is -3.00. The van der Waals surface area contributed by atoms with E-state index >= 15 is 0 Å². The van der Waals surface area contributed by atoms with Crippen molar-refractivity contribution in [3.05, 3.63) is 0 Å². The second-order valence-corrected chi connectivity index (χ2v) is 10.3. The molecule has 0 bridgehead atoms. The van der Waals surface area contributed by atoms with Gasteiger partial charge >= 0.3 is 0 Å². The van der Waals surface area contributed by atoms with Crippen molar-refractivity contribution in [1.29, 1.82) is 0 Å². The average Bonchev–Trinajstić information content (AvgIpc) is 3.21. The van der Waals surface area contributed by atoms with E-state index in [4.69, 9.17) is 33.2 Å². The minimum Gasteiger partial charge on any atom is -1.00 e. The topological polar surface area (TPSA) is 64.6 Å². The second-order valence-electron chi connectivity index (χ2n) is 10.3. The van der Waals surface area contributed by atoms with Crippen molar-refractivity contribution in [2.45, 2.75) is 96.2 Å². The number of nitrogens with zero attached hydrogens (tertiary/aromatic N) is 1. The Morgan fingerprint density at radius 3 is 2.19 bits per heavy atom. The standard InChI is InChI=1S/C23H42NO7.ClH/c1-6-7-9-24(11-14-25-15-12-24)10-8-13-26-16-17-18-19(29-22(2,3)28-18)20-21(27-17)31-23(4,5)30-20;/h17-21H,6-16H2,1-5H3;1H/q+1;/p-1/t17-,18+,19+,20-,21-;/m1./s1. The lowest BCUT2D eigenvalue weighted by atomic mass is 9.99. The molecule has 0 aliphatic carbocycles. The highest BCUT2D eigenvalue weighted by molar-refractivity contribution is 5.00. The smallest absolute Gasteiger partial charge is 0.190 e. The summed E-state index contributed by atoms with van der Waals surface area (Å²) in [5, 5.41) is 0. The van der Waals surface area contributed by atoms with E-state index < -0.39 is 17.9 Å². The molecule has 8 nitrogen and oxygen atoms in total. The monoisotopic (exact) mass is 479 g/mol. The van der Waals surface area contributed by atoms with Crippen molar-refractivity contribution in [3.63, 3.8) is 0 Å². The predicted octanol–water partition coefficient (Wildman–Crippen LogP) is -0.559. The molecule has 4 aliphatic heterocycles. The minimum atomic E-state index is -0.694. The molecule has 0 aromatic heterocycles. The van der Waals surface area contributed by atoms with Crippen LogP contribution in [-0.2, 0) is 33.2 Å². The zero-order chi connectivity index (χ0) is 22.1. The van der Waals surface area contributed by atoms with Crippen molar-refractivity contribution < 1.29 is 50.0 Å². The fraction of sp³-hybridized carbons (Fsp3) is 1.00. The summed E-state index contributed by atoms with van der Waals surface area (Å²) < 4.78 is 43.5. The number of hydrogen-bond acceptors (Lipinski definition) is 7. The fourth-order valence-corrected chi connectivity index (χ4v) is 5.31. The van der Waals surface area contributed by atoms with Gasteiger partial charge in [-0.1, -0.05) is 13.3 Å². The van der Waals surface area contributed by atoms with Crippen molar-refractivity contribution >= 4 is 0 Å². The number of halogens is 1. The molecule has 4 saturated heterocycles. The Labute approximate surface area is 199 Å². The predicted molar refractivity (Wildman–Crippen MR) is 113 cm³/mol. The second kappa shape index (κ2) is 10.7. The molecule has 0 saturated carbocycles. The van der Waals surface area contributed by atoms with Gasteiger partial charge in [0.1, 0.15) is 37.5 Å². The number of morpholine rings is 1. The Hall–Kier alpha value is -0.0300. The Balaban J connectivity index is 0.00000289. The molecule has 4 heterocycles. The van der Waals surface area contributed by atoms with Gasteiger partial charge in [-0.05, 0) is 34.1 Å². The molecule has 0 N–H and O–H groups in total. The van der Waals surface area contributed by atoms with Crippen molar-refractivity contribution in [1.82, 2.24) is 0 Å². The van der Waals surface area contributed by atoms with Crippen LogP contribution in [0.5, 0.6) is 0 Å². The lowest BCUT2D eigenvalue weighted by molar-refractivity contribution is -0.935. The Bertz CT molecular complexity index is 599. The summed E-state index contributed by atoms with van der Waals surface area (Å²) in [7, 11) is 0. The van der Waals surface area contributed by atoms with Crippen molar-refractivity contribution in [2.24, 2.45) is 0 Å². The van der Waals surface area contributed by atoms with Gasteiger partial charge in [-0.2, -0.15) is 0 Å². The van der Waals surface area contributed by atoms with Crippen LogP contribution in [0.1, 0.15) is 53.9 Å². The van der Waals surface area contributed by atoms with E-state index in [0.717, 1.165) is 43.8 Å². The normalized spacial score (nSPS) is 36.8. The minimum absolute atomic E-state index is 0. The number of rotatable bonds is 9. The highest BCUT2D eigenvalue weighted by Crippen LogP contribution is 2.44. The molecule has 4 aliphatic rings. The van der Waals surface area contributed by atoms with Gasteiger partial charge in [0, 0.05) is 6.42 Å². The molecule has 0 radical (unpaired) electrons. The zero-order valence-electron chi connectivity index (χ0n) is 20.3. The molecule has 0 amide bonds. The largest absolute Gasteiger partial charge is 1.00 e. The van der Waals surface area contributed by atoms with Crippen LogP contribution in [0, 0.1) is 0 Å². The molecule has 0 aromatic rings. The molecule has 4 rings (SSSR count). The maximum Gasteiger partial charge on any atom is 0.190 e. The van der Waals surface area contributed by atoms with E-state index in [-0.39, 0.29) is 36.8 Å². The molecule has 32 heavy (non-hydrogen) atoms. The molecular formula is C23H42ClNO7. The molecule has 0 unspecified atom stereocenters. The van der Waals surface area contributed by atoms with E-state index in [1.54, 1.807) is 0 Å². The lowest BCUT2D eigenvalue weighted by Gasteiger charge is -2.41. The summed E-state index contributed by atoms with van der Waals surface area (Å²) in [4.78, 5) is 0. The Kier molecular flexibility index (Phi) is 8.89. The molecule has 5 atom stereocenters. The van der Waals surface area contributed by atoms with Crippen LogP contribution in [0.4, 0.5) is 0 Å². The van der Waals surface area contributed by atoms with E-state index in [1.165, 1.54) is 19.4 Å². The van der Waals surface area contributed by atoms with Gasteiger partial charge in [0.15, 0.2) is 17.9 Å². The van der Waals surface area contributed by atoms with Gasteiger partial charge in [0.2, 0.25) is 0 Å². The molecule has 0 aromatic carbocycles. The molecule has 0 spiro atoms. The van der Waals surface area contributed by atoms with Gasteiger partial charge in [-0.25, -0.2) is 0 Å². The fourth-order valence-electron chi connectivity index (χ4n) is 5.31. The third kappa shape index (κ3) is 6.15. The first kappa shape index (κ1) is 26.6. The molecule has 9 heteroatoms. The first-order chi connectivity index (χ1) is 14.7. The quantitative estimate of drug-likeness (QED) is 0.324. The van der Waals surface area contributed by atoms with Crippen molar-refractivity contribution in [2.75, 3.05) is 52.6 Å². The van der Waals surface area contributed by atoms with Gasteiger partial charge < -0.3 is 50.0 Å². The summed E-state index contributed by atoms with van der Waals surface area (Å²) in [5.74, 6) is -1.37. The van der Waals surface area contributed by atoms with Gasteiger partial charge in [0.05, 0.1) is 39.5 Å². The maximum atomic E-state index is 6.23. The van der Waals surface area contributed by atoms with Gasteiger partial charge in [0.25, 0.3) is 0 Å². The van der Waals surface area contributed by atoms with Crippen LogP contribution in [0.3, 0.4) is 0 Å². The van der Waals surface area contributed by atoms with E-state index in [2.05, 4.69) is 6.92 Å². The summed E-state index contributed by atoms with van der Waals surface area (Å²) in [6.07, 6.45) is 2.11. The van der Waals surface area contributed by atoms with Gasteiger partial charge in [-0.3, -0.25) is 0 Å². The van der Waals surface area contributed by atoms with Crippen LogP contribution < -0.4 is 12.4 Å². The number of quaternary nitrogens is 1. The molecule has 188 valence electrons. The number of unbranched alkanes of at least 4 members (excludes halogenated alkanes) is 1. The van der Waals surface area contributed by atoms with Crippen LogP contribution in [0.25, 0.3) is 0 Å². The summed E-state index contributed by atoms with van der Waals surface area (Å²) in [6.45, 7) is 17.5. The van der Waals surface area contributed by atoms with E-state index in [1.807, 2.05) is 27.7 Å². The number of hydrogen-bond donors (Lipinski definition) is 0. The molecular weight excluding hydrogens is 438 g/mol. The van der Waals surface area contributed by atoms with Crippen LogP contribution in [-0.4, -0.2) is 99.4 Å². The highest BCUT2D eigenvalue weighted by atomic mass is 35.5. The third-order valence-electron chi connectivity index (χ3n) is 6.86. The third-order valence-corrected chi connectivity index (χ3v) is 6.86. The number of ether oxygens (including phenoxy) is 7. The van der Waals surface area contributed by atoms with Crippen LogP contribution in [0.15, 0.2) is 0 Å². The maximum absolute atomic E-state index is 6.23. The van der Waals surface area contributed by atoms with E-state index in [0.29, 0.717) is 13.2 Å². The first-order valence-electron chi connectivity index (χ1n) is 12.1.